The molecule has 10 rings (SSSR count). The van der Waals surface area contributed by atoms with Gasteiger partial charge in [-0.1, -0.05) is 109 Å². The minimum absolute atomic E-state index is 0.876. The number of nitrogens with one attached hydrogen (secondary N) is 1. The van der Waals surface area contributed by atoms with Crippen LogP contribution in [0.5, 0.6) is 0 Å². The first-order valence-corrected chi connectivity index (χ1v) is 17.4. The van der Waals surface area contributed by atoms with Crippen molar-refractivity contribution in [2.75, 3.05) is 4.90 Å². The fourth-order valence-corrected chi connectivity index (χ4v) is 8.54. The maximum Gasteiger partial charge on any atom is 0.159 e. The minimum atomic E-state index is 0.876. The molecule has 3 nitrogen and oxygen atoms in total. The molecule has 0 saturated heterocycles. The largest absolute Gasteiger partial charge is 0.454 e. The van der Waals surface area contributed by atoms with Gasteiger partial charge in [0.2, 0.25) is 0 Å². The summed E-state index contributed by atoms with van der Waals surface area (Å²) in [5.41, 5.74) is 11.1. The second-order valence-corrected chi connectivity index (χ2v) is 13.7. The summed E-state index contributed by atoms with van der Waals surface area (Å²) in [4.78, 5) is 3.71. The van der Waals surface area contributed by atoms with E-state index in [4.69, 9.17) is 4.42 Å². The lowest BCUT2D eigenvalue weighted by atomic mass is 9.98. The molecular formula is C45H30N2OS. The fraction of sp³-hybridized carbons (Fsp3) is 0.0222. The van der Waals surface area contributed by atoms with Crippen molar-refractivity contribution in [1.82, 2.24) is 5.32 Å². The molecular weight excluding hydrogens is 617 g/mol. The zero-order valence-electron chi connectivity index (χ0n) is 26.6. The lowest BCUT2D eigenvalue weighted by Crippen LogP contribution is -2.10. The van der Waals surface area contributed by atoms with Gasteiger partial charge < -0.3 is 14.6 Å². The normalized spacial score (nSPS) is 12.5. The Kier molecular flexibility index (Phi) is 6.42. The number of anilines is 3. The summed E-state index contributed by atoms with van der Waals surface area (Å²) in [6, 6.07) is 54.5. The smallest absolute Gasteiger partial charge is 0.159 e. The molecule has 0 radical (unpaired) electrons. The highest BCUT2D eigenvalue weighted by Crippen LogP contribution is 2.43. The SMILES string of the molecule is C1=Cc2c(sc3cc(-c4ccc(N(c5ccc(-c6cccc7ccccc67)cc5)c5cccc6c5oc5ccccc56)cc4)ccc23)CN1. The number of para-hydroxylation sites is 2. The lowest BCUT2D eigenvalue weighted by molar-refractivity contribution is 0.669. The second kappa shape index (κ2) is 11.3. The number of rotatable bonds is 5. The first-order chi connectivity index (χ1) is 24.3. The number of hydrogen-bond donors (Lipinski definition) is 1. The number of thiophene rings is 1. The van der Waals surface area contributed by atoms with E-state index in [0.717, 1.165) is 45.5 Å². The highest BCUT2D eigenvalue weighted by molar-refractivity contribution is 7.19. The summed E-state index contributed by atoms with van der Waals surface area (Å²) in [7, 11) is 0. The van der Waals surface area contributed by atoms with Crippen molar-refractivity contribution in [1.29, 1.82) is 0 Å². The highest BCUT2D eigenvalue weighted by atomic mass is 32.1. The second-order valence-electron chi connectivity index (χ2n) is 12.6. The van der Waals surface area contributed by atoms with Gasteiger partial charge in [0.1, 0.15) is 5.58 Å². The van der Waals surface area contributed by atoms with Crippen LogP contribution in [-0.4, -0.2) is 0 Å². The van der Waals surface area contributed by atoms with Crippen LogP contribution >= 0.6 is 11.3 Å². The van der Waals surface area contributed by atoms with Crippen molar-refractivity contribution in [3.63, 3.8) is 0 Å². The Labute approximate surface area is 288 Å². The molecule has 1 aliphatic rings. The quantitative estimate of drug-likeness (QED) is 0.202. The van der Waals surface area contributed by atoms with Crippen molar-refractivity contribution in [3.8, 4) is 22.3 Å². The molecule has 0 unspecified atom stereocenters. The molecule has 0 bridgehead atoms. The Morgan fingerprint density at radius 1 is 0.571 bits per heavy atom. The van der Waals surface area contributed by atoms with Crippen molar-refractivity contribution >= 4 is 77.3 Å². The summed E-state index contributed by atoms with van der Waals surface area (Å²) >= 11 is 1.88. The number of furan rings is 1. The molecule has 0 atom stereocenters. The maximum absolute atomic E-state index is 6.57. The van der Waals surface area contributed by atoms with Crippen LogP contribution in [0.2, 0.25) is 0 Å². The van der Waals surface area contributed by atoms with Gasteiger partial charge >= 0.3 is 0 Å². The van der Waals surface area contributed by atoms with Crippen molar-refractivity contribution in [2.45, 2.75) is 6.54 Å². The number of benzene rings is 7. The molecule has 9 aromatic rings. The molecule has 0 aliphatic carbocycles. The van der Waals surface area contributed by atoms with E-state index < -0.39 is 0 Å². The zero-order chi connectivity index (χ0) is 32.3. The van der Waals surface area contributed by atoms with E-state index >= 15 is 0 Å². The van der Waals surface area contributed by atoms with Gasteiger partial charge in [-0.05, 0) is 93.3 Å². The Balaban J connectivity index is 1.09. The molecule has 0 spiro atoms. The Hall–Kier alpha value is -6.10. The predicted molar refractivity (Wildman–Crippen MR) is 208 cm³/mol. The Morgan fingerprint density at radius 2 is 1.27 bits per heavy atom. The van der Waals surface area contributed by atoms with Gasteiger partial charge in [0.15, 0.2) is 5.58 Å². The minimum Gasteiger partial charge on any atom is -0.454 e. The monoisotopic (exact) mass is 646 g/mol. The average molecular weight is 647 g/mol. The summed E-state index contributed by atoms with van der Waals surface area (Å²) in [6.45, 7) is 0.895. The standard InChI is InChI=1S/C45H30N2OS/c1-2-9-35-30(7-1)8-5-11-36(35)31-17-22-34(23-18-31)47(41-13-6-12-40-37-10-3-4-14-42(37)48-45(40)41)33-20-15-29(16-21-33)32-19-24-38-39-25-26-46-28-44(39)49-43(38)27-32/h1-27,46H,28H2. The molecule has 7 aromatic carbocycles. The Morgan fingerprint density at radius 3 is 2.12 bits per heavy atom. The molecule has 232 valence electrons. The summed E-state index contributed by atoms with van der Waals surface area (Å²) in [5.74, 6) is 0. The van der Waals surface area contributed by atoms with Crippen LogP contribution in [0.15, 0.2) is 162 Å². The van der Waals surface area contributed by atoms with Crippen LogP contribution in [-0.2, 0) is 6.54 Å². The zero-order valence-corrected chi connectivity index (χ0v) is 27.4. The van der Waals surface area contributed by atoms with E-state index in [9.17, 15) is 0 Å². The van der Waals surface area contributed by atoms with Crippen molar-refractivity contribution < 1.29 is 4.42 Å². The van der Waals surface area contributed by atoms with E-state index in [0.29, 0.717) is 0 Å². The third-order valence-electron chi connectivity index (χ3n) is 9.75. The highest BCUT2D eigenvalue weighted by Gasteiger charge is 2.20. The van der Waals surface area contributed by atoms with Crippen LogP contribution in [0.3, 0.4) is 0 Å². The number of nitrogens with zero attached hydrogens (tertiary/aromatic N) is 1. The molecule has 2 aromatic heterocycles. The molecule has 4 heteroatoms. The molecule has 3 heterocycles. The number of hydrogen-bond acceptors (Lipinski definition) is 4. The van der Waals surface area contributed by atoms with Crippen LogP contribution in [0.1, 0.15) is 10.4 Å². The van der Waals surface area contributed by atoms with Gasteiger partial charge in [-0.3, -0.25) is 0 Å². The fourth-order valence-electron chi connectivity index (χ4n) is 7.36. The topological polar surface area (TPSA) is 28.4 Å². The van der Waals surface area contributed by atoms with Crippen molar-refractivity contribution in [2.24, 2.45) is 0 Å². The molecule has 1 aliphatic heterocycles. The van der Waals surface area contributed by atoms with Crippen LogP contribution < -0.4 is 10.2 Å². The van der Waals surface area contributed by atoms with Gasteiger partial charge in [0.05, 0.1) is 5.69 Å². The van der Waals surface area contributed by atoms with Gasteiger partial charge in [-0.25, -0.2) is 0 Å². The molecule has 49 heavy (non-hydrogen) atoms. The maximum atomic E-state index is 6.57. The van der Waals surface area contributed by atoms with E-state index in [1.54, 1.807) is 0 Å². The van der Waals surface area contributed by atoms with Crippen molar-refractivity contribution in [3.05, 3.63) is 168 Å². The first-order valence-electron chi connectivity index (χ1n) is 16.6. The van der Waals surface area contributed by atoms with Gasteiger partial charge in [-0.15, -0.1) is 11.3 Å². The third kappa shape index (κ3) is 4.64. The van der Waals surface area contributed by atoms with E-state index in [-0.39, 0.29) is 0 Å². The molecule has 0 fully saturated rings. The van der Waals surface area contributed by atoms with Gasteiger partial charge in [0.25, 0.3) is 0 Å². The number of fused-ring (bicyclic) bond motifs is 7. The first kappa shape index (κ1) is 28.0. The van der Waals surface area contributed by atoms with Crippen LogP contribution in [0, 0.1) is 0 Å². The Bertz CT molecular complexity index is 2710. The molecule has 0 saturated carbocycles. The lowest BCUT2D eigenvalue weighted by Gasteiger charge is -2.26. The van der Waals surface area contributed by atoms with E-state index in [1.165, 1.54) is 53.6 Å². The molecule has 1 N–H and O–H groups in total. The molecule has 0 amide bonds. The summed E-state index contributed by atoms with van der Waals surface area (Å²) in [5, 5.41) is 9.41. The van der Waals surface area contributed by atoms with Gasteiger partial charge in [-0.2, -0.15) is 0 Å². The predicted octanol–water partition coefficient (Wildman–Crippen LogP) is 12.8. The summed E-state index contributed by atoms with van der Waals surface area (Å²) < 4.78 is 7.89. The average Bonchev–Trinajstić information content (AvgIpc) is 3.74. The van der Waals surface area contributed by atoms with Crippen LogP contribution in [0.25, 0.3) is 71.1 Å². The third-order valence-corrected chi connectivity index (χ3v) is 10.9. The van der Waals surface area contributed by atoms with E-state index in [1.807, 2.05) is 23.5 Å². The van der Waals surface area contributed by atoms with Crippen LogP contribution in [0.4, 0.5) is 17.1 Å². The van der Waals surface area contributed by atoms with Gasteiger partial charge in [0, 0.05) is 43.7 Å². The van der Waals surface area contributed by atoms with E-state index in [2.05, 4.69) is 162 Å². The summed E-state index contributed by atoms with van der Waals surface area (Å²) in [6.07, 6.45) is 4.24.